The summed E-state index contributed by atoms with van der Waals surface area (Å²) >= 11 is 0. The van der Waals surface area contributed by atoms with Crippen molar-refractivity contribution in [1.29, 1.82) is 0 Å². The summed E-state index contributed by atoms with van der Waals surface area (Å²) in [4.78, 5) is 37.7. The largest absolute Gasteiger partial charge is 0.462 e. The van der Waals surface area contributed by atoms with Gasteiger partial charge in [-0.05, 0) is 83.5 Å². The third kappa shape index (κ3) is 52.2. The van der Waals surface area contributed by atoms with Gasteiger partial charge >= 0.3 is 17.9 Å². The molecular weight excluding hydrogens is 805 g/mol. The van der Waals surface area contributed by atoms with Crippen molar-refractivity contribution >= 4 is 17.9 Å². The van der Waals surface area contributed by atoms with E-state index in [9.17, 15) is 14.4 Å². The Morgan fingerprint density at radius 1 is 0.308 bits per heavy atom. The van der Waals surface area contributed by atoms with Crippen LogP contribution in [-0.4, -0.2) is 37.2 Å². The molecule has 0 spiro atoms. The van der Waals surface area contributed by atoms with E-state index in [1.54, 1.807) is 0 Å². The average Bonchev–Trinajstić information content (AvgIpc) is 3.30. The zero-order chi connectivity index (χ0) is 47.2. The van der Waals surface area contributed by atoms with Crippen LogP contribution in [0.1, 0.15) is 290 Å². The van der Waals surface area contributed by atoms with Crippen LogP contribution in [0.3, 0.4) is 0 Å². The summed E-state index contributed by atoms with van der Waals surface area (Å²) in [5, 5.41) is 0. The van der Waals surface area contributed by atoms with Crippen molar-refractivity contribution in [2.45, 2.75) is 297 Å². The van der Waals surface area contributed by atoms with Gasteiger partial charge in [0.25, 0.3) is 0 Å². The molecule has 0 rings (SSSR count). The molecule has 0 radical (unpaired) electrons. The van der Waals surface area contributed by atoms with Gasteiger partial charge in [-0.3, -0.25) is 14.4 Å². The highest BCUT2D eigenvalue weighted by atomic mass is 16.6. The number of carbonyl (C=O) groups excluding carboxylic acids is 3. The molecule has 0 bridgehead atoms. The Morgan fingerprint density at radius 3 is 0.877 bits per heavy atom. The monoisotopic (exact) mass is 911 g/mol. The Kier molecular flexibility index (Phi) is 51.8. The third-order valence-corrected chi connectivity index (χ3v) is 12.3. The lowest BCUT2D eigenvalue weighted by atomic mass is 10.0. The molecule has 378 valence electrons. The quantitative estimate of drug-likeness (QED) is 0.0262. The predicted molar refractivity (Wildman–Crippen MR) is 279 cm³/mol. The fourth-order valence-electron chi connectivity index (χ4n) is 8.03. The minimum absolute atomic E-state index is 0.0772. The topological polar surface area (TPSA) is 78.9 Å². The summed E-state index contributed by atoms with van der Waals surface area (Å²) in [5.41, 5.74) is 0. The first kappa shape index (κ1) is 62.4. The zero-order valence-electron chi connectivity index (χ0n) is 43.3. The van der Waals surface area contributed by atoms with E-state index in [0.717, 1.165) is 96.3 Å². The summed E-state index contributed by atoms with van der Waals surface area (Å²) < 4.78 is 16.7. The summed E-state index contributed by atoms with van der Waals surface area (Å²) in [7, 11) is 0. The minimum atomic E-state index is -0.775. The smallest absolute Gasteiger partial charge is 0.306 e. The number of rotatable bonds is 51. The van der Waals surface area contributed by atoms with Crippen molar-refractivity contribution < 1.29 is 28.6 Å². The second kappa shape index (κ2) is 54.0. The van der Waals surface area contributed by atoms with E-state index in [0.29, 0.717) is 19.3 Å². The van der Waals surface area contributed by atoms with Gasteiger partial charge in [-0.25, -0.2) is 0 Å². The fourth-order valence-corrected chi connectivity index (χ4v) is 8.03. The highest BCUT2D eigenvalue weighted by Gasteiger charge is 2.19. The van der Waals surface area contributed by atoms with Crippen molar-refractivity contribution in [2.24, 2.45) is 0 Å². The molecule has 1 unspecified atom stereocenters. The Bertz CT molecular complexity index is 1140. The van der Waals surface area contributed by atoms with Crippen molar-refractivity contribution in [3.05, 3.63) is 48.6 Å². The first-order valence-corrected chi connectivity index (χ1v) is 28.1. The molecule has 0 aliphatic rings. The van der Waals surface area contributed by atoms with E-state index in [2.05, 4.69) is 69.4 Å². The van der Waals surface area contributed by atoms with Crippen LogP contribution in [0, 0.1) is 0 Å². The van der Waals surface area contributed by atoms with Gasteiger partial charge in [0.2, 0.25) is 0 Å². The molecule has 0 aromatic carbocycles. The lowest BCUT2D eigenvalue weighted by Gasteiger charge is -2.18. The lowest BCUT2D eigenvalue weighted by molar-refractivity contribution is -0.167. The third-order valence-electron chi connectivity index (χ3n) is 12.3. The van der Waals surface area contributed by atoms with Crippen LogP contribution in [0.15, 0.2) is 48.6 Å². The Hall–Kier alpha value is -2.63. The van der Waals surface area contributed by atoms with Crippen LogP contribution >= 0.6 is 0 Å². The minimum Gasteiger partial charge on any atom is -0.462 e. The molecule has 0 saturated carbocycles. The summed E-state index contributed by atoms with van der Waals surface area (Å²) in [5.74, 6) is -0.897. The van der Waals surface area contributed by atoms with Crippen molar-refractivity contribution in [3.63, 3.8) is 0 Å². The van der Waals surface area contributed by atoms with E-state index < -0.39 is 6.10 Å². The molecule has 6 nitrogen and oxygen atoms in total. The van der Waals surface area contributed by atoms with Gasteiger partial charge in [0.15, 0.2) is 6.10 Å². The zero-order valence-corrected chi connectivity index (χ0v) is 43.3. The molecule has 0 fully saturated rings. The van der Waals surface area contributed by atoms with E-state index in [1.165, 1.54) is 154 Å². The molecule has 0 aliphatic carbocycles. The molecule has 0 N–H and O–H groups in total. The number of unbranched alkanes of at least 4 members (excludes halogenated alkanes) is 32. The SMILES string of the molecule is CCCCC/C=C\C/C=C\CCCCCCCC(=O)OC(COC(=O)CCCCCCC)COC(=O)CCCCCCCCCCCCCCCCC/C=C\C/C=C\CCCCCCC. The summed E-state index contributed by atoms with van der Waals surface area (Å²) in [6, 6.07) is 0. The van der Waals surface area contributed by atoms with Gasteiger partial charge in [-0.2, -0.15) is 0 Å². The van der Waals surface area contributed by atoms with Crippen LogP contribution in [0.2, 0.25) is 0 Å². The first-order chi connectivity index (χ1) is 32.0. The lowest BCUT2D eigenvalue weighted by Crippen LogP contribution is -2.30. The number of hydrogen-bond acceptors (Lipinski definition) is 6. The summed E-state index contributed by atoms with van der Waals surface area (Å²) in [6.45, 7) is 6.53. The molecule has 1 atom stereocenters. The van der Waals surface area contributed by atoms with E-state index >= 15 is 0 Å². The molecule has 0 heterocycles. The summed E-state index contributed by atoms with van der Waals surface area (Å²) in [6.07, 6.45) is 65.8. The normalized spacial score (nSPS) is 12.4. The number of ether oxygens (including phenoxy) is 3. The Morgan fingerprint density at radius 2 is 0.554 bits per heavy atom. The van der Waals surface area contributed by atoms with E-state index in [4.69, 9.17) is 14.2 Å². The first-order valence-electron chi connectivity index (χ1n) is 28.1. The van der Waals surface area contributed by atoms with Crippen molar-refractivity contribution in [2.75, 3.05) is 13.2 Å². The van der Waals surface area contributed by atoms with Gasteiger partial charge in [-0.15, -0.1) is 0 Å². The highest BCUT2D eigenvalue weighted by molar-refractivity contribution is 5.71. The molecule has 0 saturated heterocycles. The molecule has 0 aromatic rings. The van der Waals surface area contributed by atoms with Crippen LogP contribution in [-0.2, 0) is 28.6 Å². The Labute approximate surface area is 403 Å². The number of allylic oxidation sites excluding steroid dienone is 8. The molecule has 0 aromatic heterocycles. The molecule has 65 heavy (non-hydrogen) atoms. The van der Waals surface area contributed by atoms with Gasteiger partial charge < -0.3 is 14.2 Å². The maximum atomic E-state index is 12.7. The van der Waals surface area contributed by atoms with Crippen LogP contribution in [0.25, 0.3) is 0 Å². The maximum Gasteiger partial charge on any atom is 0.306 e. The molecular formula is C59H106O6. The van der Waals surface area contributed by atoms with Crippen LogP contribution in [0.5, 0.6) is 0 Å². The number of hydrogen-bond donors (Lipinski definition) is 0. The van der Waals surface area contributed by atoms with Gasteiger partial charge in [-0.1, -0.05) is 236 Å². The Balaban J connectivity index is 4.02. The van der Waals surface area contributed by atoms with Gasteiger partial charge in [0.1, 0.15) is 13.2 Å². The predicted octanol–water partition coefficient (Wildman–Crippen LogP) is 18.7. The fraction of sp³-hybridized carbons (Fsp3) is 0.814. The van der Waals surface area contributed by atoms with Crippen LogP contribution < -0.4 is 0 Å². The van der Waals surface area contributed by atoms with Gasteiger partial charge in [0, 0.05) is 19.3 Å². The standard InChI is InChI=1S/C59H106O6/c1-4-7-10-13-15-17-19-21-23-24-25-26-27-28-29-30-31-32-33-34-36-37-39-41-43-46-49-52-58(61)64-55-56(54-63-57(60)51-48-45-12-9-6-3)65-59(62)53-50-47-44-42-40-38-35-22-20-18-16-14-11-8-5-2/h16,18-19,21-22,24-25,35,56H,4-15,17,20,23,26-34,36-55H2,1-3H3/b18-16-,21-19-,25-24-,35-22-. The molecule has 0 amide bonds. The highest BCUT2D eigenvalue weighted by Crippen LogP contribution is 2.16. The second-order valence-corrected chi connectivity index (χ2v) is 18.8. The second-order valence-electron chi connectivity index (χ2n) is 18.8. The molecule has 0 aliphatic heterocycles. The maximum absolute atomic E-state index is 12.7. The molecule has 6 heteroatoms. The van der Waals surface area contributed by atoms with Crippen LogP contribution in [0.4, 0.5) is 0 Å². The van der Waals surface area contributed by atoms with E-state index in [-0.39, 0.29) is 31.1 Å². The van der Waals surface area contributed by atoms with E-state index in [1.807, 2.05) is 0 Å². The van der Waals surface area contributed by atoms with Gasteiger partial charge in [0.05, 0.1) is 0 Å². The average molecular weight is 911 g/mol. The van der Waals surface area contributed by atoms with Crippen molar-refractivity contribution in [3.8, 4) is 0 Å². The number of esters is 3. The number of carbonyl (C=O) groups is 3. The van der Waals surface area contributed by atoms with Crippen molar-refractivity contribution in [1.82, 2.24) is 0 Å².